The zero-order chi connectivity index (χ0) is 33.1. The SMILES string of the molecule is CCOc1ccccc1N(CC(=O)N(Cc1ccc(Cl)cc1)[C@@H](Cc1ccccc1)C(=O)N[C@H](C)CC)S(=O)(=O)c1ccccc1. The average molecular weight is 662 g/mol. The summed E-state index contributed by atoms with van der Waals surface area (Å²) in [5, 5.41) is 3.57. The molecule has 0 aliphatic carbocycles. The first-order valence-electron chi connectivity index (χ1n) is 15.3. The van der Waals surface area contributed by atoms with E-state index >= 15 is 0 Å². The van der Waals surface area contributed by atoms with E-state index in [9.17, 15) is 18.0 Å². The number of para-hydroxylation sites is 2. The maximum atomic E-state index is 14.6. The van der Waals surface area contributed by atoms with Crippen LogP contribution in [-0.4, -0.2) is 50.4 Å². The van der Waals surface area contributed by atoms with Gasteiger partial charge in [-0.25, -0.2) is 8.42 Å². The number of ether oxygens (including phenoxy) is 1. The summed E-state index contributed by atoms with van der Waals surface area (Å²) in [7, 11) is -4.24. The fourth-order valence-electron chi connectivity index (χ4n) is 4.96. The van der Waals surface area contributed by atoms with Crippen LogP contribution in [0.4, 0.5) is 5.69 Å². The van der Waals surface area contributed by atoms with E-state index in [0.29, 0.717) is 23.8 Å². The van der Waals surface area contributed by atoms with Crippen molar-refractivity contribution in [3.05, 3.63) is 125 Å². The first-order valence-corrected chi connectivity index (χ1v) is 17.1. The number of hydrogen-bond donors (Lipinski definition) is 1. The third-order valence-corrected chi connectivity index (χ3v) is 9.61. The van der Waals surface area contributed by atoms with Crippen LogP contribution < -0.4 is 14.4 Å². The van der Waals surface area contributed by atoms with Gasteiger partial charge in [0, 0.05) is 24.0 Å². The van der Waals surface area contributed by atoms with Crippen molar-refractivity contribution in [2.24, 2.45) is 0 Å². The highest BCUT2D eigenvalue weighted by Gasteiger charge is 2.35. The van der Waals surface area contributed by atoms with E-state index in [4.69, 9.17) is 16.3 Å². The van der Waals surface area contributed by atoms with Gasteiger partial charge in [0.2, 0.25) is 11.8 Å². The Kier molecular flexibility index (Phi) is 12.2. The molecule has 242 valence electrons. The van der Waals surface area contributed by atoms with E-state index in [0.717, 1.165) is 15.4 Å². The lowest BCUT2D eigenvalue weighted by Gasteiger charge is -2.34. The number of amides is 2. The van der Waals surface area contributed by atoms with Gasteiger partial charge in [0.25, 0.3) is 10.0 Å². The third-order valence-electron chi connectivity index (χ3n) is 7.58. The molecule has 2 amide bonds. The fourth-order valence-corrected chi connectivity index (χ4v) is 6.53. The molecule has 0 aliphatic heterocycles. The summed E-state index contributed by atoms with van der Waals surface area (Å²) in [5.74, 6) is -0.564. The zero-order valence-corrected chi connectivity index (χ0v) is 27.9. The number of carbonyl (C=O) groups is 2. The van der Waals surface area contributed by atoms with Gasteiger partial charge in [-0.2, -0.15) is 0 Å². The second-order valence-corrected chi connectivity index (χ2v) is 13.2. The summed E-state index contributed by atoms with van der Waals surface area (Å²) < 4.78 is 35.3. The quantitative estimate of drug-likeness (QED) is 0.157. The molecule has 10 heteroatoms. The number of carbonyl (C=O) groups excluding carboxylic acids is 2. The van der Waals surface area contributed by atoms with E-state index in [2.05, 4.69) is 5.32 Å². The number of sulfonamides is 1. The van der Waals surface area contributed by atoms with Gasteiger partial charge in [-0.05, 0) is 67.8 Å². The molecule has 0 spiro atoms. The van der Waals surface area contributed by atoms with Crippen molar-refractivity contribution >= 4 is 39.1 Å². The number of nitrogens with one attached hydrogen (secondary N) is 1. The lowest BCUT2D eigenvalue weighted by atomic mass is 10.0. The molecule has 2 atom stereocenters. The van der Waals surface area contributed by atoms with Crippen LogP contribution in [0.2, 0.25) is 5.02 Å². The lowest BCUT2D eigenvalue weighted by Crippen LogP contribution is -2.54. The molecule has 8 nitrogen and oxygen atoms in total. The molecule has 0 heterocycles. The van der Waals surface area contributed by atoms with Crippen LogP contribution in [0, 0.1) is 0 Å². The van der Waals surface area contributed by atoms with Crippen molar-refractivity contribution in [1.82, 2.24) is 10.2 Å². The van der Waals surface area contributed by atoms with E-state index in [-0.39, 0.29) is 35.5 Å². The molecule has 4 rings (SSSR count). The van der Waals surface area contributed by atoms with Gasteiger partial charge < -0.3 is 15.0 Å². The maximum absolute atomic E-state index is 14.6. The monoisotopic (exact) mass is 661 g/mol. The van der Waals surface area contributed by atoms with Gasteiger partial charge in [-0.15, -0.1) is 0 Å². The van der Waals surface area contributed by atoms with Crippen molar-refractivity contribution in [1.29, 1.82) is 0 Å². The van der Waals surface area contributed by atoms with E-state index in [1.54, 1.807) is 73.7 Å². The first kappa shape index (κ1) is 34.5. The molecule has 0 aliphatic rings. The summed E-state index contributed by atoms with van der Waals surface area (Å²) in [6.07, 6.45) is 0.926. The number of nitrogens with zero attached hydrogens (tertiary/aromatic N) is 2. The van der Waals surface area contributed by atoms with E-state index < -0.39 is 28.5 Å². The minimum atomic E-state index is -4.24. The van der Waals surface area contributed by atoms with Crippen molar-refractivity contribution in [3.8, 4) is 5.75 Å². The van der Waals surface area contributed by atoms with E-state index in [1.165, 1.54) is 17.0 Å². The number of rotatable bonds is 15. The molecule has 0 aromatic heterocycles. The molecule has 0 saturated carbocycles. The molecule has 1 N–H and O–H groups in total. The van der Waals surface area contributed by atoms with Crippen LogP contribution >= 0.6 is 11.6 Å². The normalized spacial score (nSPS) is 12.5. The number of halogens is 1. The molecule has 0 bridgehead atoms. The van der Waals surface area contributed by atoms with Gasteiger partial charge in [0.05, 0.1) is 17.2 Å². The van der Waals surface area contributed by atoms with Gasteiger partial charge in [-0.1, -0.05) is 91.3 Å². The van der Waals surface area contributed by atoms with Crippen LogP contribution in [0.3, 0.4) is 0 Å². The summed E-state index contributed by atoms with van der Waals surface area (Å²) in [5.41, 5.74) is 1.81. The molecule has 46 heavy (non-hydrogen) atoms. The summed E-state index contributed by atoms with van der Waals surface area (Å²) >= 11 is 6.16. The van der Waals surface area contributed by atoms with Crippen molar-refractivity contribution in [2.75, 3.05) is 17.5 Å². The van der Waals surface area contributed by atoms with Gasteiger partial charge in [0.15, 0.2) is 0 Å². The zero-order valence-electron chi connectivity index (χ0n) is 26.3. The number of benzene rings is 4. The molecule has 0 fully saturated rings. The van der Waals surface area contributed by atoms with Crippen LogP contribution in [0.5, 0.6) is 5.75 Å². The highest BCUT2D eigenvalue weighted by molar-refractivity contribution is 7.92. The van der Waals surface area contributed by atoms with Crippen molar-refractivity contribution in [2.45, 2.75) is 57.1 Å². The van der Waals surface area contributed by atoms with Crippen molar-refractivity contribution in [3.63, 3.8) is 0 Å². The largest absolute Gasteiger partial charge is 0.492 e. The van der Waals surface area contributed by atoms with Gasteiger partial charge >= 0.3 is 0 Å². The Morgan fingerprint density at radius 3 is 2.07 bits per heavy atom. The predicted molar refractivity (Wildman–Crippen MR) is 182 cm³/mol. The lowest BCUT2D eigenvalue weighted by molar-refractivity contribution is -0.140. The molecule has 0 unspecified atom stereocenters. The molecule has 4 aromatic carbocycles. The van der Waals surface area contributed by atoms with Crippen LogP contribution in [0.25, 0.3) is 0 Å². The fraction of sp³-hybridized carbons (Fsp3) is 0.278. The Morgan fingerprint density at radius 2 is 1.43 bits per heavy atom. The van der Waals surface area contributed by atoms with Gasteiger partial charge in [0.1, 0.15) is 18.3 Å². The van der Waals surface area contributed by atoms with Crippen LogP contribution in [-0.2, 0) is 32.6 Å². The first-order chi connectivity index (χ1) is 22.1. The maximum Gasteiger partial charge on any atom is 0.264 e. The van der Waals surface area contributed by atoms with Crippen molar-refractivity contribution < 1.29 is 22.7 Å². The summed E-state index contributed by atoms with van der Waals surface area (Å²) in [4.78, 5) is 30.0. The second kappa shape index (κ2) is 16.3. The van der Waals surface area contributed by atoms with Gasteiger partial charge in [-0.3, -0.25) is 13.9 Å². The standard InChI is InChI=1S/C36H40ClN3O5S/c1-4-27(3)38-36(42)33(24-28-14-8-6-9-15-28)39(25-29-20-22-30(37)23-21-29)35(41)26-40(32-18-12-13-19-34(32)45-5-2)46(43,44)31-16-10-7-11-17-31/h6-23,27,33H,4-5,24-26H2,1-3H3,(H,38,42)/t27-,33+/m1/s1. The molecular formula is C36H40ClN3O5S. The second-order valence-electron chi connectivity index (χ2n) is 10.9. The minimum Gasteiger partial charge on any atom is -0.492 e. The Labute approximate surface area is 277 Å². The average Bonchev–Trinajstić information content (AvgIpc) is 3.07. The number of anilines is 1. The Hall–Kier alpha value is -4.34. The Balaban J connectivity index is 1.83. The minimum absolute atomic E-state index is 0.0219. The molecular weight excluding hydrogens is 622 g/mol. The third kappa shape index (κ3) is 8.89. The highest BCUT2D eigenvalue weighted by atomic mass is 35.5. The Morgan fingerprint density at radius 1 is 0.826 bits per heavy atom. The smallest absolute Gasteiger partial charge is 0.264 e. The summed E-state index contributed by atoms with van der Waals surface area (Å²) in [6, 6.07) is 30.0. The van der Waals surface area contributed by atoms with E-state index in [1.807, 2.05) is 44.2 Å². The van der Waals surface area contributed by atoms with Crippen LogP contribution in [0.1, 0.15) is 38.3 Å². The summed E-state index contributed by atoms with van der Waals surface area (Å²) in [6.45, 7) is 5.44. The Bertz CT molecular complexity index is 1690. The molecule has 4 aromatic rings. The predicted octanol–water partition coefficient (Wildman–Crippen LogP) is 6.49. The van der Waals surface area contributed by atoms with Crippen LogP contribution in [0.15, 0.2) is 114 Å². The topological polar surface area (TPSA) is 96.0 Å². The molecule has 0 saturated heterocycles. The number of hydrogen-bond acceptors (Lipinski definition) is 5. The highest BCUT2D eigenvalue weighted by Crippen LogP contribution is 2.33. The molecule has 0 radical (unpaired) electrons.